The van der Waals surface area contributed by atoms with Crippen molar-refractivity contribution in [2.75, 3.05) is 18.4 Å². The van der Waals surface area contributed by atoms with Crippen molar-refractivity contribution in [1.82, 2.24) is 5.32 Å². The quantitative estimate of drug-likeness (QED) is 0.710. The molecule has 0 aliphatic heterocycles. The minimum Gasteiger partial charge on any atom is -0.326 e. The van der Waals surface area contributed by atoms with E-state index in [1.54, 1.807) is 18.2 Å². The van der Waals surface area contributed by atoms with E-state index < -0.39 is 0 Å². The summed E-state index contributed by atoms with van der Waals surface area (Å²) in [5.41, 5.74) is 0.672. The van der Waals surface area contributed by atoms with Crippen molar-refractivity contribution in [2.24, 2.45) is 0 Å². The lowest BCUT2D eigenvalue weighted by Crippen LogP contribution is -2.22. The third-order valence-corrected chi connectivity index (χ3v) is 3.43. The van der Waals surface area contributed by atoms with E-state index in [2.05, 4.69) is 17.6 Å². The van der Waals surface area contributed by atoms with Crippen LogP contribution < -0.4 is 10.6 Å². The minimum absolute atomic E-state index is 0.0265. The molecule has 0 aromatic heterocycles. The highest BCUT2D eigenvalue weighted by atomic mass is 35.5. The van der Waals surface area contributed by atoms with Gasteiger partial charge < -0.3 is 10.6 Å². The zero-order chi connectivity index (χ0) is 14.1. The van der Waals surface area contributed by atoms with Gasteiger partial charge in [-0.15, -0.1) is 0 Å². The van der Waals surface area contributed by atoms with Gasteiger partial charge in [0.05, 0.1) is 10.0 Å². The predicted molar refractivity (Wildman–Crippen MR) is 82.1 cm³/mol. The lowest BCUT2D eigenvalue weighted by molar-refractivity contribution is -0.116. The third kappa shape index (κ3) is 6.81. The number of carbonyl (C=O) groups is 1. The van der Waals surface area contributed by atoms with Crippen molar-refractivity contribution in [3.05, 3.63) is 28.2 Å². The van der Waals surface area contributed by atoms with E-state index in [-0.39, 0.29) is 5.91 Å². The topological polar surface area (TPSA) is 41.1 Å². The number of amides is 1. The number of nitrogens with one attached hydrogen (secondary N) is 2. The number of anilines is 1. The first-order valence-corrected chi connectivity index (χ1v) is 7.34. The van der Waals surface area contributed by atoms with Crippen LogP contribution in [0.2, 0.25) is 10.0 Å². The van der Waals surface area contributed by atoms with Crippen molar-refractivity contribution in [3.8, 4) is 0 Å². The molecule has 1 aromatic rings. The molecule has 0 saturated heterocycles. The molecule has 2 N–H and O–H groups in total. The normalized spacial score (nSPS) is 10.5. The minimum atomic E-state index is -0.0265. The molecule has 0 spiro atoms. The Morgan fingerprint density at radius 3 is 2.63 bits per heavy atom. The van der Waals surface area contributed by atoms with Crippen LogP contribution >= 0.6 is 23.2 Å². The van der Waals surface area contributed by atoms with Crippen LogP contribution in [0, 0.1) is 0 Å². The fourth-order valence-corrected chi connectivity index (χ4v) is 1.92. The Kier molecular flexibility index (Phi) is 7.87. The number of hydrogen-bond donors (Lipinski definition) is 2. The van der Waals surface area contributed by atoms with Crippen LogP contribution in [-0.2, 0) is 4.79 Å². The second kappa shape index (κ2) is 9.18. The lowest BCUT2D eigenvalue weighted by Gasteiger charge is -2.07. The second-order valence-corrected chi connectivity index (χ2v) is 5.20. The average molecular weight is 303 g/mol. The van der Waals surface area contributed by atoms with E-state index in [1.165, 1.54) is 12.8 Å². The molecule has 106 valence electrons. The van der Waals surface area contributed by atoms with Crippen LogP contribution in [0.1, 0.15) is 32.6 Å². The predicted octanol–water partition coefficient (Wildman–Crippen LogP) is 4.10. The van der Waals surface area contributed by atoms with Gasteiger partial charge in [0.1, 0.15) is 0 Å². The van der Waals surface area contributed by atoms with Gasteiger partial charge in [0.25, 0.3) is 0 Å². The molecule has 1 amide bonds. The zero-order valence-corrected chi connectivity index (χ0v) is 12.7. The van der Waals surface area contributed by atoms with Gasteiger partial charge in [-0.1, -0.05) is 43.0 Å². The van der Waals surface area contributed by atoms with Gasteiger partial charge in [-0.25, -0.2) is 0 Å². The molecule has 19 heavy (non-hydrogen) atoms. The first kappa shape index (κ1) is 16.3. The van der Waals surface area contributed by atoms with Crippen LogP contribution in [0.25, 0.3) is 0 Å². The van der Waals surface area contributed by atoms with Gasteiger partial charge in [-0.3, -0.25) is 4.79 Å². The molecule has 0 fully saturated rings. The number of halogens is 2. The number of carbonyl (C=O) groups excluding carboxylic acids is 1. The Morgan fingerprint density at radius 2 is 1.95 bits per heavy atom. The summed E-state index contributed by atoms with van der Waals surface area (Å²) in [7, 11) is 0. The summed E-state index contributed by atoms with van der Waals surface area (Å²) in [6.07, 6.45) is 4.04. The molecular formula is C14H20Cl2N2O. The van der Waals surface area contributed by atoms with Gasteiger partial charge >= 0.3 is 0 Å². The van der Waals surface area contributed by atoms with E-state index in [1.807, 2.05) is 0 Å². The number of unbranched alkanes of at least 4 members (excludes halogenated alkanes) is 2. The highest BCUT2D eigenvalue weighted by molar-refractivity contribution is 6.42. The molecule has 0 unspecified atom stereocenters. The van der Waals surface area contributed by atoms with Gasteiger partial charge in [0.2, 0.25) is 5.91 Å². The Bertz CT molecular complexity index is 410. The van der Waals surface area contributed by atoms with Gasteiger partial charge in [0, 0.05) is 18.7 Å². The first-order chi connectivity index (χ1) is 9.13. The zero-order valence-electron chi connectivity index (χ0n) is 11.1. The van der Waals surface area contributed by atoms with Crippen molar-refractivity contribution < 1.29 is 4.79 Å². The monoisotopic (exact) mass is 302 g/mol. The summed E-state index contributed by atoms with van der Waals surface area (Å²) in [4.78, 5) is 11.7. The van der Waals surface area contributed by atoms with Crippen LogP contribution in [-0.4, -0.2) is 19.0 Å². The summed E-state index contributed by atoms with van der Waals surface area (Å²) in [5.74, 6) is -0.0265. The highest BCUT2D eigenvalue weighted by Gasteiger charge is 2.04. The number of hydrogen-bond acceptors (Lipinski definition) is 2. The second-order valence-electron chi connectivity index (χ2n) is 4.38. The van der Waals surface area contributed by atoms with E-state index in [0.29, 0.717) is 28.7 Å². The molecule has 0 aliphatic rings. The largest absolute Gasteiger partial charge is 0.326 e. The molecule has 0 atom stereocenters. The van der Waals surface area contributed by atoms with E-state index in [4.69, 9.17) is 23.2 Å². The Hall–Kier alpha value is -0.770. The van der Waals surface area contributed by atoms with E-state index in [9.17, 15) is 4.79 Å². The highest BCUT2D eigenvalue weighted by Crippen LogP contribution is 2.24. The summed E-state index contributed by atoms with van der Waals surface area (Å²) in [5, 5.41) is 6.96. The summed E-state index contributed by atoms with van der Waals surface area (Å²) >= 11 is 11.7. The molecule has 1 aromatic carbocycles. The molecule has 0 bridgehead atoms. The fourth-order valence-electron chi connectivity index (χ4n) is 1.62. The average Bonchev–Trinajstić information content (AvgIpc) is 2.38. The maximum atomic E-state index is 11.7. The Labute approximate surface area is 124 Å². The van der Waals surface area contributed by atoms with Gasteiger partial charge in [-0.05, 0) is 31.2 Å². The lowest BCUT2D eigenvalue weighted by atomic mass is 10.2. The molecule has 0 saturated carbocycles. The standard InChI is InChI=1S/C14H20Cl2N2O/c1-2-3-4-8-17-9-7-14(19)18-11-5-6-12(15)13(16)10-11/h5-6,10,17H,2-4,7-9H2,1H3,(H,18,19). The number of benzene rings is 1. The van der Waals surface area contributed by atoms with E-state index in [0.717, 1.165) is 13.0 Å². The molecule has 1 rings (SSSR count). The maximum absolute atomic E-state index is 11.7. The summed E-state index contributed by atoms with van der Waals surface area (Å²) < 4.78 is 0. The van der Waals surface area contributed by atoms with Crippen molar-refractivity contribution in [2.45, 2.75) is 32.6 Å². The van der Waals surface area contributed by atoms with Crippen molar-refractivity contribution in [1.29, 1.82) is 0 Å². The van der Waals surface area contributed by atoms with Crippen LogP contribution in [0.3, 0.4) is 0 Å². The van der Waals surface area contributed by atoms with Crippen molar-refractivity contribution >= 4 is 34.8 Å². The van der Waals surface area contributed by atoms with E-state index >= 15 is 0 Å². The summed E-state index contributed by atoms with van der Waals surface area (Å²) in [6, 6.07) is 5.06. The molecule has 5 heteroatoms. The number of rotatable bonds is 8. The smallest absolute Gasteiger partial charge is 0.225 e. The Morgan fingerprint density at radius 1 is 1.16 bits per heavy atom. The Balaban J connectivity index is 2.21. The molecular weight excluding hydrogens is 283 g/mol. The third-order valence-electron chi connectivity index (χ3n) is 2.69. The maximum Gasteiger partial charge on any atom is 0.225 e. The van der Waals surface area contributed by atoms with Gasteiger partial charge in [-0.2, -0.15) is 0 Å². The van der Waals surface area contributed by atoms with Crippen LogP contribution in [0.5, 0.6) is 0 Å². The molecule has 0 heterocycles. The first-order valence-electron chi connectivity index (χ1n) is 6.59. The SMILES string of the molecule is CCCCCNCCC(=O)Nc1ccc(Cl)c(Cl)c1. The van der Waals surface area contributed by atoms with Crippen LogP contribution in [0.15, 0.2) is 18.2 Å². The van der Waals surface area contributed by atoms with Gasteiger partial charge in [0.15, 0.2) is 0 Å². The van der Waals surface area contributed by atoms with Crippen LogP contribution in [0.4, 0.5) is 5.69 Å². The summed E-state index contributed by atoms with van der Waals surface area (Å²) in [6.45, 7) is 3.83. The fraction of sp³-hybridized carbons (Fsp3) is 0.500. The van der Waals surface area contributed by atoms with Crippen molar-refractivity contribution in [3.63, 3.8) is 0 Å². The molecule has 3 nitrogen and oxygen atoms in total. The molecule has 0 aliphatic carbocycles. The molecule has 0 radical (unpaired) electrons.